The molecular weight excluding hydrogens is 244 g/mol. The molecule has 0 bridgehead atoms. The molecule has 0 aliphatic heterocycles. The summed E-state index contributed by atoms with van der Waals surface area (Å²) in [5, 5.41) is 6.66. The van der Waals surface area contributed by atoms with Crippen LogP contribution in [0.4, 0.5) is 5.82 Å². The molecule has 2 aromatic rings. The third-order valence-corrected chi connectivity index (χ3v) is 3.89. The van der Waals surface area contributed by atoms with E-state index in [1.54, 1.807) is 17.7 Å². The second kappa shape index (κ2) is 5.20. The Kier molecular flexibility index (Phi) is 3.82. The lowest BCUT2D eigenvalue weighted by atomic mass is 9.84. The number of nitrogens with two attached hydrogens (primary N) is 1. The minimum absolute atomic E-state index is 0.146. The number of aromatic nitrogens is 2. The normalized spacial score (nSPS) is 13.8. The van der Waals surface area contributed by atoms with E-state index in [2.05, 4.69) is 42.1 Å². The molecule has 5 heteroatoms. The van der Waals surface area contributed by atoms with E-state index in [0.29, 0.717) is 12.6 Å². The Morgan fingerprint density at radius 2 is 2.17 bits per heavy atom. The maximum atomic E-state index is 5.70. The van der Waals surface area contributed by atoms with E-state index in [-0.39, 0.29) is 5.41 Å². The quantitative estimate of drug-likeness (QED) is 0.891. The summed E-state index contributed by atoms with van der Waals surface area (Å²) in [6, 6.07) is 2.37. The van der Waals surface area contributed by atoms with Crippen molar-refractivity contribution < 1.29 is 0 Å². The Morgan fingerprint density at radius 1 is 1.39 bits per heavy atom. The van der Waals surface area contributed by atoms with Gasteiger partial charge in [-0.3, -0.25) is 0 Å². The summed E-state index contributed by atoms with van der Waals surface area (Å²) in [6.07, 6.45) is 2.54. The van der Waals surface area contributed by atoms with Crippen LogP contribution in [0, 0.1) is 5.41 Å². The predicted molar refractivity (Wildman–Crippen MR) is 78.0 cm³/mol. The fraction of sp³-hybridized carbons (Fsp3) is 0.538. The smallest absolute Gasteiger partial charge is 0.138 e. The minimum Gasteiger partial charge on any atom is -0.366 e. The number of thiophene rings is 1. The molecule has 0 aliphatic rings. The van der Waals surface area contributed by atoms with E-state index in [9.17, 15) is 0 Å². The largest absolute Gasteiger partial charge is 0.366 e. The van der Waals surface area contributed by atoms with Crippen molar-refractivity contribution >= 4 is 27.4 Å². The lowest BCUT2D eigenvalue weighted by Gasteiger charge is -2.31. The van der Waals surface area contributed by atoms with E-state index >= 15 is 0 Å². The van der Waals surface area contributed by atoms with Crippen LogP contribution < -0.4 is 11.1 Å². The van der Waals surface area contributed by atoms with Gasteiger partial charge in [0.05, 0.1) is 5.39 Å². The zero-order valence-corrected chi connectivity index (χ0v) is 11.9. The Balaban J connectivity index is 2.28. The molecule has 0 aromatic carbocycles. The molecule has 0 radical (unpaired) electrons. The van der Waals surface area contributed by atoms with Crippen molar-refractivity contribution in [3.63, 3.8) is 0 Å². The molecule has 18 heavy (non-hydrogen) atoms. The first-order chi connectivity index (χ1) is 8.52. The average Bonchev–Trinajstić information content (AvgIpc) is 2.76. The van der Waals surface area contributed by atoms with E-state index in [1.807, 2.05) is 5.38 Å². The molecule has 98 valence electrons. The van der Waals surface area contributed by atoms with Crippen LogP contribution in [-0.4, -0.2) is 22.6 Å². The van der Waals surface area contributed by atoms with Crippen LogP contribution in [0.15, 0.2) is 17.8 Å². The standard InChI is InChI=1S/C13H20N4S/c1-13(2,3)10(4-6-14)17-11-9-5-7-18-12(9)16-8-15-11/h5,7-8,10H,4,6,14H2,1-3H3,(H,15,16,17). The maximum Gasteiger partial charge on any atom is 0.138 e. The van der Waals surface area contributed by atoms with Crippen molar-refractivity contribution in [2.24, 2.45) is 11.1 Å². The number of nitrogens with one attached hydrogen (secondary N) is 1. The van der Waals surface area contributed by atoms with Crippen LogP contribution >= 0.6 is 11.3 Å². The van der Waals surface area contributed by atoms with E-state index in [1.165, 1.54) is 0 Å². The summed E-state index contributed by atoms with van der Waals surface area (Å²) in [7, 11) is 0. The van der Waals surface area contributed by atoms with Crippen LogP contribution in [0.5, 0.6) is 0 Å². The van der Waals surface area contributed by atoms with Gasteiger partial charge in [-0.25, -0.2) is 9.97 Å². The van der Waals surface area contributed by atoms with E-state index in [4.69, 9.17) is 5.73 Å². The molecule has 0 aliphatic carbocycles. The van der Waals surface area contributed by atoms with Crippen molar-refractivity contribution in [2.75, 3.05) is 11.9 Å². The highest BCUT2D eigenvalue weighted by atomic mass is 32.1. The third-order valence-electron chi connectivity index (χ3n) is 3.07. The third kappa shape index (κ3) is 2.79. The summed E-state index contributed by atoms with van der Waals surface area (Å²) in [6.45, 7) is 7.32. The molecule has 0 amide bonds. The van der Waals surface area contributed by atoms with Gasteiger partial charge in [-0.2, -0.15) is 0 Å². The number of nitrogens with zero attached hydrogens (tertiary/aromatic N) is 2. The van der Waals surface area contributed by atoms with Crippen molar-refractivity contribution in [3.05, 3.63) is 17.8 Å². The van der Waals surface area contributed by atoms with Crippen LogP contribution in [0.3, 0.4) is 0 Å². The molecule has 2 heterocycles. The second-order valence-electron chi connectivity index (χ2n) is 5.50. The van der Waals surface area contributed by atoms with Crippen LogP contribution in [-0.2, 0) is 0 Å². The fourth-order valence-electron chi connectivity index (χ4n) is 1.96. The SMILES string of the molecule is CC(C)(C)C(CCN)Nc1ncnc2sccc12. The molecule has 1 unspecified atom stereocenters. The minimum atomic E-state index is 0.146. The summed E-state index contributed by atoms with van der Waals surface area (Å²) in [4.78, 5) is 9.64. The van der Waals surface area contributed by atoms with Gasteiger partial charge in [-0.15, -0.1) is 11.3 Å². The van der Waals surface area contributed by atoms with Gasteiger partial charge in [-0.1, -0.05) is 20.8 Å². The number of hydrogen-bond acceptors (Lipinski definition) is 5. The monoisotopic (exact) mass is 264 g/mol. The molecule has 0 spiro atoms. The Morgan fingerprint density at radius 3 is 2.83 bits per heavy atom. The first kappa shape index (κ1) is 13.2. The van der Waals surface area contributed by atoms with E-state index < -0.39 is 0 Å². The summed E-state index contributed by atoms with van der Waals surface area (Å²) < 4.78 is 0. The fourth-order valence-corrected chi connectivity index (χ4v) is 2.69. The highest BCUT2D eigenvalue weighted by Gasteiger charge is 2.24. The Bertz CT molecular complexity index is 515. The second-order valence-corrected chi connectivity index (χ2v) is 6.40. The van der Waals surface area contributed by atoms with Crippen molar-refractivity contribution in [1.82, 2.24) is 9.97 Å². The van der Waals surface area contributed by atoms with Gasteiger partial charge in [0.25, 0.3) is 0 Å². The first-order valence-electron chi connectivity index (χ1n) is 6.17. The zero-order valence-electron chi connectivity index (χ0n) is 11.1. The molecular formula is C13H20N4S. The first-order valence-corrected chi connectivity index (χ1v) is 7.05. The van der Waals surface area contributed by atoms with E-state index in [0.717, 1.165) is 22.5 Å². The lowest BCUT2D eigenvalue weighted by molar-refractivity contribution is 0.328. The molecule has 0 fully saturated rings. The molecule has 4 nitrogen and oxygen atoms in total. The molecule has 0 saturated heterocycles. The van der Waals surface area contributed by atoms with Crippen molar-refractivity contribution in [1.29, 1.82) is 0 Å². The maximum absolute atomic E-state index is 5.70. The highest BCUT2D eigenvalue weighted by molar-refractivity contribution is 7.16. The average molecular weight is 264 g/mol. The molecule has 2 rings (SSSR count). The lowest BCUT2D eigenvalue weighted by Crippen LogP contribution is -2.36. The van der Waals surface area contributed by atoms with Crippen molar-refractivity contribution in [2.45, 2.75) is 33.2 Å². The van der Waals surface area contributed by atoms with Gasteiger partial charge in [0, 0.05) is 6.04 Å². The van der Waals surface area contributed by atoms with Crippen LogP contribution in [0.2, 0.25) is 0 Å². The molecule has 1 atom stereocenters. The number of fused-ring (bicyclic) bond motifs is 1. The van der Waals surface area contributed by atoms with Gasteiger partial charge < -0.3 is 11.1 Å². The van der Waals surface area contributed by atoms with Gasteiger partial charge >= 0.3 is 0 Å². The topological polar surface area (TPSA) is 63.8 Å². The number of hydrogen-bond donors (Lipinski definition) is 2. The Labute approximate surface area is 112 Å². The van der Waals surface area contributed by atoms with Crippen LogP contribution in [0.1, 0.15) is 27.2 Å². The van der Waals surface area contributed by atoms with Crippen LogP contribution in [0.25, 0.3) is 10.2 Å². The molecule has 3 N–H and O–H groups in total. The van der Waals surface area contributed by atoms with Gasteiger partial charge in [0.15, 0.2) is 0 Å². The molecule has 0 saturated carbocycles. The highest BCUT2D eigenvalue weighted by Crippen LogP contribution is 2.29. The number of rotatable bonds is 4. The number of anilines is 1. The van der Waals surface area contributed by atoms with Gasteiger partial charge in [0.2, 0.25) is 0 Å². The predicted octanol–water partition coefficient (Wildman–Crippen LogP) is 2.87. The summed E-state index contributed by atoms with van der Waals surface area (Å²) in [5.74, 6) is 0.912. The van der Waals surface area contributed by atoms with Crippen molar-refractivity contribution in [3.8, 4) is 0 Å². The van der Waals surface area contributed by atoms with Gasteiger partial charge in [-0.05, 0) is 29.8 Å². The summed E-state index contributed by atoms with van der Waals surface area (Å²) >= 11 is 1.63. The molecule has 2 aromatic heterocycles. The Hall–Kier alpha value is -1.20. The summed E-state index contributed by atoms with van der Waals surface area (Å²) in [5.41, 5.74) is 5.85. The van der Waals surface area contributed by atoms with Gasteiger partial charge in [0.1, 0.15) is 17.0 Å². The zero-order chi connectivity index (χ0) is 13.2.